The summed E-state index contributed by atoms with van der Waals surface area (Å²) in [7, 11) is 0. The van der Waals surface area contributed by atoms with E-state index in [4.69, 9.17) is 14.6 Å². The highest BCUT2D eigenvalue weighted by atomic mass is 16.5. The molecule has 34 heavy (non-hydrogen) atoms. The van der Waals surface area contributed by atoms with Crippen LogP contribution in [-0.4, -0.2) is 46.1 Å². The molecule has 2 aliphatic rings. The maximum Gasteiger partial charge on any atom is 0.173 e. The number of anilines is 3. The van der Waals surface area contributed by atoms with Gasteiger partial charge in [0.15, 0.2) is 5.75 Å². The summed E-state index contributed by atoms with van der Waals surface area (Å²) in [6, 6.07) is 18.4. The van der Waals surface area contributed by atoms with Gasteiger partial charge in [-0.3, -0.25) is 4.68 Å². The van der Waals surface area contributed by atoms with E-state index in [0.29, 0.717) is 17.6 Å². The van der Waals surface area contributed by atoms with E-state index in [1.54, 1.807) is 6.20 Å². The Kier molecular flexibility index (Phi) is 5.56. The molecule has 8 heteroatoms. The lowest BCUT2D eigenvalue weighted by molar-refractivity contribution is 0.122. The standard InChI is InChI=1S/C26H26N6O2/c1-2-4-19(5-3-1)26-23(18-32(30-26)21-6-7-21)34-22-9-11-27-24(17-22)29-20-8-10-28-25(16-20)31-12-14-33-15-13-31/h1-5,8-11,16-18,21H,6-7,12-15H2,(H,27,28,29). The molecule has 0 unspecified atom stereocenters. The molecular formula is C26H26N6O2. The number of hydrogen-bond donors (Lipinski definition) is 1. The van der Waals surface area contributed by atoms with E-state index in [-0.39, 0.29) is 0 Å². The van der Waals surface area contributed by atoms with Crippen LogP contribution >= 0.6 is 0 Å². The fraction of sp³-hybridized carbons (Fsp3) is 0.269. The molecule has 2 fully saturated rings. The van der Waals surface area contributed by atoms with Crippen molar-refractivity contribution >= 4 is 17.3 Å². The Bertz CT molecular complexity index is 1270. The number of rotatable bonds is 7. The third-order valence-corrected chi connectivity index (χ3v) is 5.98. The Morgan fingerprint density at radius 1 is 0.941 bits per heavy atom. The lowest BCUT2D eigenvalue weighted by Crippen LogP contribution is -2.36. The van der Waals surface area contributed by atoms with E-state index in [2.05, 4.69) is 32.3 Å². The van der Waals surface area contributed by atoms with Gasteiger partial charge in [-0.25, -0.2) is 9.97 Å². The highest BCUT2D eigenvalue weighted by Crippen LogP contribution is 2.39. The van der Waals surface area contributed by atoms with Crippen LogP contribution in [0.25, 0.3) is 11.3 Å². The molecular weight excluding hydrogens is 428 g/mol. The zero-order chi connectivity index (χ0) is 22.7. The molecule has 1 aliphatic carbocycles. The number of morpholine rings is 1. The number of nitrogens with zero attached hydrogens (tertiary/aromatic N) is 5. The second-order valence-electron chi connectivity index (χ2n) is 8.53. The van der Waals surface area contributed by atoms with Gasteiger partial charge in [0.05, 0.1) is 25.5 Å². The smallest absolute Gasteiger partial charge is 0.173 e. The van der Waals surface area contributed by atoms with Crippen LogP contribution in [0.3, 0.4) is 0 Å². The number of hydrogen-bond acceptors (Lipinski definition) is 7. The highest BCUT2D eigenvalue weighted by Gasteiger charge is 2.27. The largest absolute Gasteiger partial charge is 0.453 e. The topological polar surface area (TPSA) is 77.3 Å². The quantitative estimate of drug-likeness (QED) is 0.419. The second-order valence-corrected chi connectivity index (χ2v) is 8.53. The molecule has 0 amide bonds. The molecule has 1 saturated carbocycles. The minimum Gasteiger partial charge on any atom is -0.453 e. The van der Waals surface area contributed by atoms with Crippen molar-refractivity contribution in [2.75, 3.05) is 36.5 Å². The lowest BCUT2D eigenvalue weighted by Gasteiger charge is -2.28. The van der Waals surface area contributed by atoms with E-state index in [0.717, 1.165) is 67.7 Å². The molecule has 4 aromatic rings. The van der Waals surface area contributed by atoms with Gasteiger partial charge >= 0.3 is 0 Å². The van der Waals surface area contributed by atoms with Crippen molar-refractivity contribution in [3.8, 4) is 22.8 Å². The molecule has 0 radical (unpaired) electrons. The summed E-state index contributed by atoms with van der Waals surface area (Å²) in [4.78, 5) is 11.2. The fourth-order valence-corrected chi connectivity index (χ4v) is 4.05. The molecule has 6 rings (SSSR count). The average Bonchev–Trinajstić information content (AvgIpc) is 3.66. The molecule has 1 N–H and O–H groups in total. The normalized spacial score (nSPS) is 15.8. The van der Waals surface area contributed by atoms with Crippen LogP contribution in [0.5, 0.6) is 11.5 Å². The van der Waals surface area contributed by atoms with Crippen LogP contribution in [0.15, 0.2) is 73.2 Å². The van der Waals surface area contributed by atoms with E-state index in [9.17, 15) is 0 Å². The molecule has 1 saturated heterocycles. The first kappa shape index (κ1) is 20.7. The van der Waals surface area contributed by atoms with Gasteiger partial charge in [-0.2, -0.15) is 5.10 Å². The minimum absolute atomic E-state index is 0.474. The highest BCUT2D eigenvalue weighted by molar-refractivity contribution is 5.67. The molecule has 8 nitrogen and oxygen atoms in total. The van der Waals surface area contributed by atoms with Gasteiger partial charge in [-0.15, -0.1) is 0 Å². The van der Waals surface area contributed by atoms with Crippen molar-refractivity contribution < 1.29 is 9.47 Å². The SMILES string of the molecule is c1ccc(-c2nn(C3CC3)cc2Oc2ccnc(Nc3ccnc(N4CCOCC4)c3)c2)cc1. The summed E-state index contributed by atoms with van der Waals surface area (Å²) in [6.07, 6.45) is 7.89. The summed E-state index contributed by atoms with van der Waals surface area (Å²) in [5.41, 5.74) is 2.81. The van der Waals surface area contributed by atoms with E-state index >= 15 is 0 Å². The van der Waals surface area contributed by atoms with Gasteiger partial charge in [0.25, 0.3) is 0 Å². The van der Waals surface area contributed by atoms with Gasteiger partial charge in [0.2, 0.25) is 0 Å². The minimum atomic E-state index is 0.474. The van der Waals surface area contributed by atoms with E-state index in [1.807, 2.05) is 59.5 Å². The summed E-state index contributed by atoms with van der Waals surface area (Å²) >= 11 is 0. The molecule has 172 valence electrons. The van der Waals surface area contributed by atoms with Crippen molar-refractivity contribution in [1.82, 2.24) is 19.7 Å². The first-order valence-corrected chi connectivity index (χ1v) is 11.7. The van der Waals surface area contributed by atoms with Crippen molar-refractivity contribution in [2.45, 2.75) is 18.9 Å². The van der Waals surface area contributed by atoms with Crippen molar-refractivity contribution in [3.63, 3.8) is 0 Å². The predicted octanol–water partition coefficient (Wildman–Crippen LogP) is 5.05. The Hall–Kier alpha value is -3.91. The summed E-state index contributed by atoms with van der Waals surface area (Å²) < 4.78 is 13.8. The van der Waals surface area contributed by atoms with Gasteiger partial charge in [-0.1, -0.05) is 30.3 Å². The third-order valence-electron chi connectivity index (χ3n) is 5.98. The number of ether oxygens (including phenoxy) is 2. The maximum atomic E-state index is 6.32. The fourth-order valence-electron chi connectivity index (χ4n) is 4.05. The molecule has 4 heterocycles. The second kappa shape index (κ2) is 9.15. The number of nitrogens with one attached hydrogen (secondary N) is 1. The first-order chi connectivity index (χ1) is 16.8. The molecule has 0 spiro atoms. The van der Waals surface area contributed by atoms with Crippen molar-refractivity contribution in [3.05, 3.63) is 73.2 Å². The summed E-state index contributed by atoms with van der Waals surface area (Å²) in [6.45, 7) is 3.14. The van der Waals surface area contributed by atoms with Crippen LogP contribution in [-0.2, 0) is 4.74 Å². The number of pyridine rings is 2. The van der Waals surface area contributed by atoms with Crippen LogP contribution < -0.4 is 15.0 Å². The monoisotopic (exact) mass is 454 g/mol. The molecule has 0 atom stereocenters. The average molecular weight is 455 g/mol. The van der Waals surface area contributed by atoms with Gasteiger partial charge in [0, 0.05) is 48.9 Å². The van der Waals surface area contributed by atoms with E-state index in [1.165, 1.54) is 0 Å². The van der Waals surface area contributed by atoms with E-state index < -0.39 is 0 Å². The Labute approximate surface area is 198 Å². The Morgan fingerprint density at radius 2 is 1.76 bits per heavy atom. The van der Waals surface area contributed by atoms with Crippen molar-refractivity contribution in [2.24, 2.45) is 0 Å². The first-order valence-electron chi connectivity index (χ1n) is 11.7. The van der Waals surface area contributed by atoms with Crippen LogP contribution in [0.4, 0.5) is 17.3 Å². The van der Waals surface area contributed by atoms with Crippen molar-refractivity contribution in [1.29, 1.82) is 0 Å². The third kappa shape index (κ3) is 4.58. The zero-order valence-corrected chi connectivity index (χ0v) is 18.8. The zero-order valence-electron chi connectivity index (χ0n) is 18.8. The maximum absolute atomic E-state index is 6.32. The summed E-state index contributed by atoms with van der Waals surface area (Å²) in [5, 5.41) is 8.20. The van der Waals surface area contributed by atoms with Gasteiger partial charge < -0.3 is 19.7 Å². The van der Waals surface area contributed by atoms with Crippen LogP contribution in [0, 0.1) is 0 Å². The lowest BCUT2D eigenvalue weighted by atomic mass is 10.1. The molecule has 1 aromatic carbocycles. The van der Waals surface area contributed by atoms with Crippen LogP contribution in [0.2, 0.25) is 0 Å². The predicted molar refractivity (Wildman–Crippen MR) is 131 cm³/mol. The number of benzene rings is 1. The molecule has 3 aromatic heterocycles. The molecule has 1 aliphatic heterocycles. The summed E-state index contributed by atoms with van der Waals surface area (Å²) in [5.74, 6) is 3.08. The van der Waals surface area contributed by atoms with Gasteiger partial charge in [-0.05, 0) is 25.0 Å². The Morgan fingerprint density at radius 3 is 2.59 bits per heavy atom. The molecule has 0 bridgehead atoms. The Balaban J connectivity index is 1.22. The van der Waals surface area contributed by atoms with Crippen LogP contribution in [0.1, 0.15) is 18.9 Å². The number of aromatic nitrogens is 4. The van der Waals surface area contributed by atoms with Gasteiger partial charge in [0.1, 0.15) is 23.1 Å².